The monoisotopic (exact) mass is 147 g/mol. The second-order valence-corrected chi connectivity index (χ2v) is 2.47. The molecule has 0 bridgehead atoms. The number of aliphatic imine (C=N–C) groups is 1. The van der Waals surface area contributed by atoms with Crippen molar-refractivity contribution >= 4 is 23.3 Å². The second-order valence-electron chi connectivity index (χ2n) is 2.47. The quantitative estimate of drug-likeness (QED) is 0.545. The maximum Gasteiger partial charge on any atom is 0.0859 e. The molecule has 1 aromatic rings. The normalized spacial score (nSPS) is 13.8. The van der Waals surface area contributed by atoms with E-state index < -0.39 is 0 Å². The fourth-order valence-electron chi connectivity index (χ4n) is 1.11. The molecule has 1 aromatic carbocycles. The molecule has 0 unspecified atom stereocenters. The lowest BCUT2D eigenvalue weighted by Crippen LogP contribution is -2.06. The Bertz CT molecular complexity index is 304. The summed E-state index contributed by atoms with van der Waals surface area (Å²) in [4.78, 5) is 4.19. The Morgan fingerprint density at radius 3 is 3.27 bits per heavy atom. The molecule has 3 nitrogen and oxygen atoms in total. The Labute approximate surface area is 64.9 Å². The highest BCUT2D eigenvalue weighted by Crippen LogP contribution is 2.28. The number of nitrogens with zero attached hydrogens (tertiary/aromatic N) is 1. The van der Waals surface area contributed by atoms with Crippen molar-refractivity contribution in [3.05, 3.63) is 18.2 Å². The van der Waals surface area contributed by atoms with Gasteiger partial charge in [-0.15, -0.1) is 0 Å². The van der Waals surface area contributed by atoms with Crippen LogP contribution >= 0.6 is 0 Å². The minimum atomic E-state index is 0.772. The standard InChI is InChI=1S/C8H9N3/c9-6-1-2-7-8(5-6)11-4-3-10-7/h1-3,5,11H,4,9H2. The van der Waals surface area contributed by atoms with Crippen molar-refractivity contribution in [2.24, 2.45) is 4.99 Å². The van der Waals surface area contributed by atoms with Gasteiger partial charge in [-0.25, -0.2) is 0 Å². The number of rotatable bonds is 0. The van der Waals surface area contributed by atoms with Gasteiger partial charge in [-0.05, 0) is 18.2 Å². The van der Waals surface area contributed by atoms with Gasteiger partial charge >= 0.3 is 0 Å². The van der Waals surface area contributed by atoms with Gasteiger partial charge in [-0.3, -0.25) is 4.99 Å². The molecule has 1 heterocycles. The van der Waals surface area contributed by atoms with E-state index in [2.05, 4.69) is 10.3 Å². The molecule has 0 saturated carbocycles. The summed E-state index contributed by atoms with van der Waals surface area (Å²) in [5, 5.41) is 3.17. The van der Waals surface area contributed by atoms with Crippen LogP contribution in [0.25, 0.3) is 0 Å². The zero-order chi connectivity index (χ0) is 7.68. The Morgan fingerprint density at radius 2 is 2.36 bits per heavy atom. The number of fused-ring (bicyclic) bond motifs is 1. The average molecular weight is 147 g/mol. The lowest BCUT2D eigenvalue weighted by atomic mass is 10.2. The van der Waals surface area contributed by atoms with E-state index in [1.54, 1.807) is 0 Å². The van der Waals surface area contributed by atoms with Crippen LogP contribution in [0.15, 0.2) is 23.2 Å². The Hall–Kier alpha value is -1.51. The van der Waals surface area contributed by atoms with Crippen molar-refractivity contribution in [3.63, 3.8) is 0 Å². The van der Waals surface area contributed by atoms with Crippen molar-refractivity contribution < 1.29 is 0 Å². The molecule has 3 N–H and O–H groups in total. The first-order chi connectivity index (χ1) is 5.36. The third-order valence-corrected chi connectivity index (χ3v) is 1.63. The SMILES string of the molecule is Nc1ccc2c(c1)NCC=N2. The summed E-state index contributed by atoms with van der Waals surface area (Å²) in [6, 6.07) is 5.66. The van der Waals surface area contributed by atoms with Gasteiger partial charge in [0.15, 0.2) is 0 Å². The highest BCUT2D eigenvalue weighted by molar-refractivity contribution is 5.81. The third kappa shape index (κ3) is 1.05. The van der Waals surface area contributed by atoms with E-state index in [4.69, 9.17) is 5.73 Å². The molecule has 1 aliphatic heterocycles. The van der Waals surface area contributed by atoms with Crippen LogP contribution in [-0.2, 0) is 0 Å². The topological polar surface area (TPSA) is 50.4 Å². The number of hydrogen-bond acceptors (Lipinski definition) is 3. The van der Waals surface area contributed by atoms with Crippen molar-refractivity contribution in [3.8, 4) is 0 Å². The third-order valence-electron chi connectivity index (χ3n) is 1.63. The molecule has 1 aliphatic rings. The molecule has 0 aromatic heterocycles. The molecular weight excluding hydrogens is 138 g/mol. The number of nitrogens with two attached hydrogens (primary N) is 1. The largest absolute Gasteiger partial charge is 0.399 e. The van der Waals surface area contributed by atoms with Crippen LogP contribution in [0.5, 0.6) is 0 Å². The van der Waals surface area contributed by atoms with E-state index in [0.717, 1.165) is 23.6 Å². The Kier molecular flexibility index (Phi) is 1.28. The van der Waals surface area contributed by atoms with E-state index >= 15 is 0 Å². The number of nitrogens with one attached hydrogen (secondary N) is 1. The molecule has 0 saturated heterocycles. The Morgan fingerprint density at radius 1 is 1.45 bits per heavy atom. The zero-order valence-corrected chi connectivity index (χ0v) is 6.04. The van der Waals surface area contributed by atoms with Gasteiger partial charge < -0.3 is 11.1 Å². The zero-order valence-electron chi connectivity index (χ0n) is 6.04. The summed E-state index contributed by atoms with van der Waals surface area (Å²) in [7, 11) is 0. The molecule has 0 atom stereocenters. The van der Waals surface area contributed by atoms with Crippen LogP contribution < -0.4 is 11.1 Å². The van der Waals surface area contributed by atoms with Crippen LogP contribution in [0, 0.1) is 0 Å². The number of hydrogen-bond donors (Lipinski definition) is 2. The van der Waals surface area contributed by atoms with Crippen molar-refractivity contribution in [2.45, 2.75) is 0 Å². The summed E-state index contributed by atoms with van der Waals surface area (Å²) in [5.74, 6) is 0. The molecule has 2 rings (SSSR count). The molecular formula is C8H9N3. The van der Waals surface area contributed by atoms with Gasteiger partial charge in [0.05, 0.1) is 17.9 Å². The molecule has 0 spiro atoms. The van der Waals surface area contributed by atoms with Gasteiger partial charge in [0, 0.05) is 11.9 Å². The van der Waals surface area contributed by atoms with Crippen molar-refractivity contribution in [1.82, 2.24) is 0 Å². The van der Waals surface area contributed by atoms with Crippen molar-refractivity contribution in [2.75, 3.05) is 17.6 Å². The van der Waals surface area contributed by atoms with Crippen LogP contribution in [0.3, 0.4) is 0 Å². The number of benzene rings is 1. The van der Waals surface area contributed by atoms with Gasteiger partial charge in [-0.2, -0.15) is 0 Å². The smallest absolute Gasteiger partial charge is 0.0859 e. The average Bonchev–Trinajstić information content (AvgIpc) is 2.04. The molecule has 0 aliphatic carbocycles. The fourth-order valence-corrected chi connectivity index (χ4v) is 1.11. The van der Waals surface area contributed by atoms with Gasteiger partial charge in [0.2, 0.25) is 0 Å². The van der Waals surface area contributed by atoms with Crippen LogP contribution in [0.2, 0.25) is 0 Å². The lowest BCUT2D eigenvalue weighted by molar-refractivity contribution is 1.34. The first-order valence-corrected chi connectivity index (χ1v) is 3.52. The summed E-state index contributed by atoms with van der Waals surface area (Å²) in [6.45, 7) is 0.788. The predicted octanol–water partition coefficient (Wildman–Crippen LogP) is 1.40. The lowest BCUT2D eigenvalue weighted by Gasteiger charge is -2.11. The van der Waals surface area contributed by atoms with Gasteiger partial charge in [0.1, 0.15) is 0 Å². The molecule has 11 heavy (non-hydrogen) atoms. The van der Waals surface area contributed by atoms with E-state index in [-0.39, 0.29) is 0 Å². The number of nitrogen functional groups attached to an aromatic ring is 1. The predicted molar refractivity (Wildman–Crippen MR) is 47.5 cm³/mol. The molecule has 0 radical (unpaired) electrons. The Balaban J connectivity index is 2.53. The minimum Gasteiger partial charge on any atom is -0.399 e. The van der Waals surface area contributed by atoms with Gasteiger partial charge in [0.25, 0.3) is 0 Å². The van der Waals surface area contributed by atoms with E-state index in [1.807, 2.05) is 24.4 Å². The maximum absolute atomic E-state index is 5.59. The number of anilines is 2. The molecule has 56 valence electrons. The first-order valence-electron chi connectivity index (χ1n) is 3.52. The first kappa shape index (κ1) is 6.22. The highest BCUT2D eigenvalue weighted by Gasteiger charge is 2.02. The molecule has 0 amide bonds. The summed E-state index contributed by atoms with van der Waals surface area (Å²) >= 11 is 0. The minimum absolute atomic E-state index is 0.772. The van der Waals surface area contributed by atoms with E-state index in [0.29, 0.717) is 0 Å². The molecule has 3 heteroatoms. The highest BCUT2D eigenvalue weighted by atomic mass is 15.0. The van der Waals surface area contributed by atoms with Crippen molar-refractivity contribution in [1.29, 1.82) is 0 Å². The summed E-state index contributed by atoms with van der Waals surface area (Å²) in [5.41, 5.74) is 8.35. The van der Waals surface area contributed by atoms with Crippen LogP contribution in [0.4, 0.5) is 17.1 Å². The van der Waals surface area contributed by atoms with E-state index in [1.165, 1.54) is 0 Å². The fraction of sp³-hybridized carbons (Fsp3) is 0.125. The maximum atomic E-state index is 5.59. The van der Waals surface area contributed by atoms with E-state index in [9.17, 15) is 0 Å². The second kappa shape index (κ2) is 2.27. The molecule has 0 fully saturated rings. The summed E-state index contributed by atoms with van der Waals surface area (Å²) in [6.07, 6.45) is 1.85. The van der Waals surface area contributed by atoms with Crippen LogP contribution in [-0.4, -0.2) is 12.8 Å². The summed E-state index contributed by atoms with van der Waals surface area (Å²) < 4.78 is 0. The van der Waals surface area contributed by atoms with Crippen LogP contribution in [0.1, 0.15) is 0 Å². The van der Waals surface area contributed by atoms with Gasteiger partial charge in [-0.1, -0.05) is 0 Å².